The molecule has 2 rings (SSSR count). The number of hydrogen-bond donors (Lipinski definition) is 1. The van der Waals surface area contributed by atoms with Crippen molar-refractivity contribution in [3.63, 3.8) is 0 Å². The Morgan fingerprint density at radius 1 is 1.33 bits per heavy atom. The maximum atomic E-state index is 12.1. The van der Waals surface area contributed by atoms with Crippen molar-refractivity contribution in [2.24, 2.45) is 5.73 Å². The van der Waals surface area contributed by atoms with Crippen LogP contribution < -0.4 is 10.5 Å². The van der Waals surface area contributed by atoms with Crippen molar-refractivity contribution in [3.05, 3.63) is 29.8 Å². The van der Waals surface area contributed by atoms with Crippen molar-refractivity contribution in [1.29, 1.82) is 0 Å². The third kappa shape index (κ3) is 3.10. The molecular weight excluding hydrogens is 226 g/mol. The molecule has 2 N–H and O–H groups in total. The van der Waals surface area contributed by atoms with Gasteiger partial charge in [-0.1, -0.05) is 6.92 Å². The van der Waals surface area contributed by atoms with Crippen molar-refractivity contribution < 1.29 is 9.53 Å². The van der Waals surface area contributed by atoms with E-state index in [0.29, 0.717) is 13.0 Å². The van der Waals surface area contributed by atoms with E-state index in [1.54, 1.807) is 0 Å². The Kier molecular flexibility index (Phi) is 4.02. The Bertz CT molecular complexity index is 407. The van der Waals surface area contributed by atoms with E-state index in [9.17, 15) is 4.79 Å². The number of ether oxygens (including phenoxy) is 1. The zero-order valence-electron chi connectivity index (χ0n) is 10.9. The van der Waals surface area contributed by atoms with Gasteiger partial charge in [0.05, 0.1) is 6.61 Å². The molecule has 1 aliphatic rings. The molecule has 1 saturated carbocycles. The highest BCUT2D eigenvalue weighted by molar-refractivity contribution is 5.97. The molecule has 3 heteroatoms. The Balaban J connectivity index is 1.94. The van der Waals surface area contributed by atoms with Crippen molar-refractivity contribution in [3.8, 4) is 5.75 Å². The summed E-state index contributed by atoms with van der Waals surface area (Å²) in [6.45, 7) is 2.77. The molecule has 1 aromatic carbocycles. The molecule has 3 nitrogen and oxygen atoms in total. The Morgan fingerprint density at radius 2 is 2.00 bits per heavy atom. The normalized spacial score (nSPS) is 17.0. The predicted molar refractivity (Wildman–Crippen MR) is 71.9 cm³/mol. The number of benzene rings is 1. The molecule has 0 saturated heterocycles. The largest absolute Gasteiger partial charge is 0.494 e. The molecule has 1 aromatic rings. The molecule has 1 fully saturated rings. The Hall–Kier alpha value is -1.35. The van der Waals surface area contributed by atoms with Gasteiger partial charge in [0.2, 0.25) is 0 Å². The van der Waals surface area contributed by atoms with Gasteiger partial charge in [-0.25, -0.2) is 0 Å². The van der Waals surface area contributed by atoms with Crippen LogP contribution in [-0.4, -0.2) is 17.9 Å². The minimum atomic E-state index is -0.242. The summed E-state index contributed by atoms with van der Waals surface area (Å²) in [6, 6.07) is 7.37. The third-order valence-corrected chi connectivity index (χ3v) is 3.51. The maximum absolute atomic E-state index is 12.1. The van der Waals surface area contributed by atoms with Gasteiger partial charge < -0.3 is 10.5 Å². The Labute approximate surface area is 108 Å². The highest BCUT2D eigenvalue weighted by Crippen LogP contribution is 2.33. The molecule has 0 bridgehead atoms. The standard InChI is InChI=1S/C15H21NO2/c1-2-10-18-13-6-4-12(5-7-13)14(17)11-15(16)8-3-9-15/h4-7H,2-3,8-11,16H2,1H3. The first kappa shape index (κ1) is 13.1. The van der Waals surface area contributed by atoms with Crippen LogP contribution in [0.2, 0.25) is 0 Å². The third-order valence-electron chi connectivity index (χ3n) is 3.51. The van der Waals surface area contributed by atoms with E-state index in [-0.39, 0.29) is 11.3 Å². The molecule has 0 spiro atoms. The smallest absolute Gasteiger partial charge is 0.164 e. The number of Topliss-reactive ketones (excluding diaryl/α,β-unsaturated/α-hetero) is 1. The van der Waals surface area contributed by atoms with E-state index in [0.717, 1.165) is 37.0 Å². The van der Waals surface area contributed by atoms with Gasteiger partial charge >= 0.3 is 0 Å². The van der Waals surface area contributed by atoms with Gasteiger partial charge in [-0.3, -0.25) is 4.79 Å². The van der Waals surface area contributed by atoms with Crippen LogP contribution >= 0.6 is 0 Å². The van der Waals surface area contributed by atoms with Crippen LogP contribution in [0.5, 0.6) is 5.75 Å². The van der Waals surface area contributed by atoms with Gasteiger partial charge in [-0.2, -0.15) is 0 Å². The molecular formula is C15H21NO2. The summed E-state index contributed by atoms with van der Waals surface area (Å²) in [7, 11) is 0. The van der Waals surface area contributed by atoms with Crippen LogP contribution in [0, 0.1) is 0 Å². The second-order valence-electron chi connectivity index (χ2n) is 5.19. The molecule has 0 aromatic heterocycles. The molecule has 0 radical (unpaired) electrons. The van der Waals surface area contributed by atoms with Crippen molar-refractivity contribution in [1.82, 2.24) is 0 Å². The SMILES string of the molecule is CCCOc1ccc(C(=O)CC2(N)CCC2)cc1. The summed E-state index contributed by atoms with van der Waals surface area (Å²) < 4.78 is 5.49. The van der Waals surface area contributed by atoms with Gasteiger partial charge in [0, 0.05) is 17.5 Å². The van der Waals surface area contributed by atoms with Crippen LogP contribution in [0.4, 0.5) is 0 Å². The fourth-order valence-corrected chi connectivity index (χ4v) is 2.19. The highest BCUT2D eigenvalue weighted by Gasteiger charge is 2.34. The zero-order valence-corrected chi connectivity index (χ0v) is 10.9. The minimum Gasteiger partial charge on any atom is -0.494 e. The van der Waals surface area contributed by atoms with E-state index in [4.69, 9.17) is 10.5 Å². The van der Waals surface area contributed by atoms with E-state index in [2.05, 4.69) is 6.92 Å². The molecule has 0 atom stereocenters. The average molecular weight is 247 g/mol. The van der Waals surface area contributed by atoms with E-state index in [1.807, 2.05) is 24.3 Å². The topological polar surface area (TPSA) is 52.3 Å². The first-order valence-corrected chi connectivity index (χ1v) is 6.68. The van der Waals surface area contributed by atoms with E-state index in [1.165, 1.54) is 0 Å². The first-order valence-electron chi connectivity index (χ1n) is 6.68. The summed E-state index contributed by atoms with van der Waals surface area (Å²) >= 11 is 0. The lowest BCUT2D eigenvalue weighted by molar-refractivity contribution is 0.0912. The predicted octanol–water partition coefficient (Wildman–Crippen LogP) is 2.93. The summed E-state index contributed by atoms with van der Waals surface area (Å²) in [5, 5.41) is 0. The fourth-order valence-electron chi connectivity index (χ4n) is 2.19. The number of ketones is 1. The number of carbonyl (C=O) groups is 1. The van der Waals surface area contributed by atoms with Crippen LogP contribution in [0.15, 0.2) is 24.3 Å². The summed E-state index contributed by atoms with van der Waals surface area (Å²) in [4.78, 5) is 12.1. The maximum Gasteiger partial charge on any atom is 0.164 e. The lowest BCUT2D eigenvalue weighted by atomic mass is 9.74. The minimum absolute atomic E-state index is 0.138. The lowest BCUT2D eigenvalue weighted by Gasteiger charge is -2.37. The van der Waals surface area contributed by atoms with Crippen molar-refractivity contribution in [2.75, 3.05) is 6.61 Å². The van der Waals surface area contributed by atoms with Crippen LogP contribution in [-0.2, 0) is 0 Å². The van der Waals surface area contributed by atoms with E-state index >= 15 is 0 Å². The second kappa shape index (κ2) is 5.53. The molecule has 0 heterocycles. The van der Waals surface area contributed by atoms with Crippen LogP contribution in [0.25, 0.3) is 0 Å². The summed E-state index contributed by atoms with van der Waals surface area (Å²) in [5.74, 6) is 0.957. The second-order valence-corrected chi connectivity index (χ2v) is 5.19. The molecule has 0 unspecified atom stereocenters. The van der Waals surface area contributed by atoms with Crippen molar-refractivity contribution >= 4 is 5.78 Å². The van der Waals surface area contributed by atoms with Crippen molar-refractivity contribution in [2.45, 2.75) is 44.6 Å². The fraction of sp³-hybridized carbons (Fsp3) is 0.533. The van der Waals surface area contributed by atoms with Gasteiger partial charge in [-0.15, -0.1) is 0 Å². The number of carbonyl (C=O) groups excluding carboxylic acids is 1. The monoisotopic (exact) mass is 247 g/mol. The number of nitrogens with two attached hydrogens (primary N) is 1. The summed E-state index contributed by atoms with van der Waals surface area (Å²) in [6.07, 6.45) is 4.53. The Morgan fingerprint density at radius 3 is 2.50 bits per heavy atom. The molecule has 0 amide bonds. The zero-order chi connectivity index (χ0) is 13.0. The molecule has 98 valence electrons. The van der Waals surface area contributed by atoms with Gasteiger partial charge in [-0.05, 0) is 49.9 Å². The van der Waals surface area contributed by atoms with Gasteiger partial charge in [0.15, 0.2) is 5.78 Å². The quantitative estimate of drug-likeness (QED) is 0.786. The first-order chi connectivity index (χ1) is 8.63. The van der Waals surface area contributed by atoms with Crippen LogP contribution in [0.1, 0.15) is 49.4 Å². The number of hydrogen-bond acceptors (Lipinski definition) is 3. The molecule has 1 aliphatic carbocycles. The van der Waals surface area contributed by atoms with Gasteiger partial charge in [0.1, 0.15) is 5.75 Å². The van der Waals surface area contributed by atoms with Crippen LogP contribution in [0.3, 0.4) is 0 Å². The lowest BCUT2D eigenvalue weighted by Crippen LogP contribution is -2.48. The molecule has 18 heavy (non-hydrogen) atoms. The summed E-state index contributed by atoms with van der Waals surface area (Å²) in [5.41, 5.74) is 6.58. The van der Waals surface area contributed by atoms with E-state index < -0.39 is 0 Å². The highest BCUT2D eigenvalue weighted by atomic mass is 16.5. The molecule has 0 aliphatic heterocycles. The number of rotatable bonds is 6. The average Bonchev–Trinajstić information content (AvgIpc) is 2.35. The van der Waals surface area contributed by atoms with Gasteiger partial charge in [0.25, 0.3) is 0 Å².